The molecule has 2 aromatic rings. The Kier molecular flexibility index (Phi) is 6.73. The van der Waals surface area contributed by atoms with E-state index < -0.39 is 0 Å². The van der Waals surface area contributed by atoms with Gasteiger partial charge in [-0.3, -0.25) is 4.68 Å². The van der Waals surface area contributed by atoms with Gasteiger partial charge < -0.3 is 26.2 Å². The van der Waals surface area contributed by atoms with Crippen molar-refractivity contribution < 1.29 is 0 Å². The lowest BCUT2D eigenvalue weighted by atomic mass is 10.1. The number of anilines is 3. The summed E-state index contributed by atoms with van der Waals surface area (Å²) in [7, 11) is 0. The van der Waals surface area contributed by atoms with E-state index in [1.165, 1.54) is 32.4 Å². The molecule has 0 spiro atoms. The van der Waals surface area contributed by atoms with Crippen LogP contribution in [0.4, 0.5) is 17.6 Å². The topological polar surface area (TPSA) is 113 Å². The average Bonchev–Trinajstić information content (AvgIpc) is 3.21. The van der Waals surface area contributed by atoms with Gasteiger partial charge >= 0.3 is 0 Å². The molecule has 2 aliphatic heterocycles. The largest absolute Gasteiger partial charge is 0.383 e. The SMILES string of the molecule is Nc1cc(N2CCNCC2)nc(NCc2cn(CCCN3CCCCC3)nn2)n1. The smallest absolute Gasteiger partial charge is 0.226 e. The molecule has 2 fully saturated rings. The van der Waals surface area contributed by atoms with Crippen molar-refractivity contribution in [1.29, 1.82) is 0 Å². The summed E-state index contributed by atoms with van der Waals surface area (Å²) in [5.74, 6) is 1.86. The Bertz CT molecular complexity index is 764. The summed E-state index contributed by atoms with van der Waals surface area (Å²) in [5, 5.41) is 15.1. The quantitative estimate of drug-likeness (QED) is 0.584. The molecule has 10 nitrogen and oxygen atoms in total. The van der Waals surface area contributed by atoms with Gasteiger partial charge in [0.25, 0.3) is 0 Å². The Balaban J connectivity index is 1.26. The van der Waals surface area contributed by atoms with E-state index in [-0.39, 0.29) is 0 Å². The summed E-state index contributed by atoms with van der Waals surface area (Å²) < 4.78 is 1.92. The summed E-state index contributed by atoms with van der Waals surface area (Å²) in [6.45, 7) is 8.77. The Labute approximate surface area is 171 Å². The third kappa shape index (κ3) is 5.77. The van der Waals surface area contributed by atoms with Crippen LogP contribution in [0.15, 0.2) is 12.3 Å². The van der Waals surface area contributed by atoms with Crippen LogP contribution in [0.25, 0.3) is 0 Å². The molecule has 0 atom stereocenters. The molecule has 2 aromatic heterocycles. The van der Waals surface area contributed by atoms with Gasteiger partial charge in [0.1, 0.15) is 17.3 Å². The zero-order valence-corrected chi connectivity index (χ0v) is 17.1. The van der Waals surface area contributed by atoms with Gasteiger partial charge in [-0.05, 0) is 38.9 Å². The van der Waals surface area contributed by atoms with Crippen molar-refractivity contribution in [2.45, 2.75) is 38.8 Å². The van der Waals surface area contributed by atoms with Crippen LogP contribution < -0.4 is 21.3 Å². The van der Waals surface area contributed by atoms with E-state index in [0.29, 0.717) is 18.3 Å². The number of hydrogen-bond acceptors (Lipinski definition) is 9. The van der Waals surface area contributed by atoms with Crippen LogP contribution in [0.5, 0.6) is 0 Å². The van der Waals surface area contributed by atoms with E-state index >= 15 is 0 Å². The first kappa shape index (κ1) is 19.8. The second kappa shape index (κ2) is 9.84. The van der Waals surface area contributed by atoms with Gasteiger partial charge in [-0.2, -0.15) is 9.97 Å². The number of nitrogen functional groups attached to an aromatic ring is 1. The van der Waals surface area contributed by atoms with Crippen molar-refractivity contribution in [2.75, 3.05) is 61.8 Å². The van der Waals surface area contributed by atoms with Crippen LogP contribution in [-0.4, -0.2) is 75.7 Å². The van der Waals surface area contributed by atoms with Gasteiger partial charge in [-0.15, -0.1) is 5.10 Å². The summed E-state index contributed by atoms with van der Waals surface area (Å²) in [4.78, 5) is 13.7. The number of nitrogens with one attached hydrogen (secondary N) is 2. The van der Waals surface area contributed by atoms with Crippen molar-refractivity contribution in [3.8, 4) is 0 Å². The Morgan fingerprint density at radius 1 is 1.03 bits per heavy atom. The normalized spacial score (nSPS) is 18.1. The third-order valence-corrected chi connectivity index (χ3v) is 5.50. The summed E-state index contributed by atoms with van der Waals surface area (Å²) >= 11 is 0. The maximum Gasteiger partial charge on any atom is 0.226 e. The molecule has 0 bridgehead atoms. The molecule has 29 heavy (non-hydrogen) atoms. The van der Waals surface area contributed by atoms with Gasteiger partial charge in [-0.25, -0.2) is 0 Å². The lowest BCUT2D eigenvalue weighted by Gasteiger charge is -2.28. The molecule has 4 N–H and O–H groups in total. The van der Waals surface area contributed by atoms with Crippen LogP contribution in [0, 0.1) is 0 Å². The van der Waals surface area contributed by atoms with Crippen molar-refractivity contribution in [1.82, 2.24) is 35.2 Å². The molecular formula is C19H32N10. The maximum absolute atomic E-state index is 5.99. The number of piperidine rings is 1. The van der Waals surface area contributed by atoms with Gasteiger partial charge in [0.2, 0.25) is 5.95 Å². The van der Waals surface area contributed by atoms with Crippen molar-refractivity contribution >= 4 is 17.6 Å². The number of aryl methyl sites for hydroxylation is 1. The molecule has 0 aromatic carbocycles. The first-order valence-electron chi connectivity index (χ1n) is 10.7. The maximum atomic E-state index is 5.99. The van der Waals surface area contributed by atoms with Gasteiger partial charge in [0.05, 0.1) is 12.7 Å². The number of nitrogens with two attached hydrogens (primary N) is 1. The highest BCUT2D eigenvalue weighted by molar-refractivity contribution is 5.51. The number of hydrogen-bond donors (Lipinski definition) is 3. The second-order valence-electron chi connectivity index (χ2n) is 7.79. The Morgan fingerprint density at radius 3 is 2.69 bits per heavy atom. The minimum Gasteiger partial charge on any atom is -0.383 e. The van der Waals surface area contributed by atoms with Crippen molar-refractivity contribution in [3.63, 3.8) is 0 Å². The third-order valence-electron chi connectivity index (χ3n) is 5.50. The summed E-state index contributed by atoms with van der Waals surface area (Å²) in [5.41, 5.74) is 6.86. The minimum absolute atomic E-state index is 0.470. The molecule has 158 valence electrons. The lowest BCUT2D eigenvalue weighted by Crippen LogP contribution is -2.44. The first-order valence-corrected chi connectivity index (χ1v) is 10.7. The van der Waals surface area contributed by atoms with E-state index in [1.54, 1.807) is 0 Å². The van der Waals surface area contributed by atoms with Crippen LogP contribution in [-0.2, 0) is 13.1 Å². The van der Waals surface area contributed by atoms with Crippen LogP contribution in [0.3, 0.4) is 0 Å². The minimum atomic E-state index is 0.470. The predicted octanol–water partition coefficient (Wildman–Crippen LogP) is 0.548. The fraction of sp³-hybridized carbons (Fsp3) is 0.684. The fourth-order valence-electron chi connectivity index (χ4n) is 3.93. The Morgan fingerprint density at radius 2 is 1.86 bits per heavy atom. The van der Waals surface area contributed by atoms with Gasteiger partial charge in [0.15, 0.2) is 0 Å². The second-order valence-corrected chi connectivity index (χ2v) is 7.79. The van der Waals surface area contributed by atoms with Crippen LogP contribution in [0.2, 0.25) is 0 Å². The summed E-state index contributed by atoms with van der Waals surface area (Å²) in [6, 6.07) is 1.83. The lowest BCUT2D eigenvalue weighted by molar-refractivity contribution is 0.221. The molecule has 2 aliphatic rings. The molecule has 4 rings (SSSR count). The molecule has 10 heteroatoms. The number of piperazine rings is 1. The molecule has 0 radical (unpaired) electrons. The number of nitrogens with zero attached hydrogens (tertiary/aromatic N) is 7. The molecule has 2 saturated heterocycles. The van der Waals surface area contributed by atoms with Crippen LogP contribution >= 0.6 is 0 Å². The highest BCUT2D eigenvalue weighted by Crippen LogP contribution is 2.17. The average molecular weight is 401 g/mol. The number of rotatable bonds is 8. The monoisotopic (exact) mass is 400 g/mol. The van der Waals surface area contributed by atoms with E-state index in [0.717, 1.165) is 57.2 Å². The standard InChI is InChI=1S/C19H32N10/c20-17-13-18(28-11-5-21-6-12-28)24-19(23-17)22-14-16-15-29(26-25-16)10-4-9-27-7-2-1-3-8-27/h13,15,21H,1-12,14H2,(H3,20,22,23,24). The van der Waals surface area contributed by atoms with Crippen LogP contribution in [0.1, 0.15) is 31.4 Å². The number of aromatic nitrogens is 5. The molecule has 0 aliphatic carbocycles. The Hall–Kier alpha value is -2.46. The van der Waals surface area contributed by atoms with E-state index in [9.17, 15) is 0 Å². The predicted molar refractivity (Wildman–Crippen MR) is 114 cm³/mol. The highest BCUT2D eigenvalue weighted by atomic mass is 15.4. The molecule has 0 saturated carbocycles. The highest BCUT2D eigenvalue weighted by Gasteiger charge is 2.14. The zero-order valence-electron chi connectivity index (χ0n) is 17.1. The molecule has 0 amide bonds. The van der Waals surface area contributed by atoms with E-state index in [4.69, 9.17) is 5.73 Å². The summed E-state index contributed by atoms with van der Waals surface area (Å²) in [6.07, 6.45) is 7.14. The fourth-order valence-corrected chi connectivity index (χ4v) is 3.93. The van der Waals surface area contributed by atoms with E-state index in [2.05, 4.69) is 40.7 Å². The molecule has 4 heterocycles. The zero-order chi connectivity index (χ0) is 19.9. The number of likely N-dealkylation sites (tertiary alicyclic amines) is 1. The van der Waals surface area contributed by atoms with Gasteiger partial charge in [-0.1, -0.05) is 11.6 Å². The van der Waals surface area contributed by atoms with Crippen molar-refractivity contribution in [3.05, 3.63) is 18.0 Å². The first-order chi connectivity index (χ1) is 14.3. The van der Waals surface area contributed by atoms with E-state index in [1.807, 2.05) is 16.9 Å². The van der Waals surface area contributed by atoms with Gasteiger partial charge in [0, 0.05) is 38.8 Å². The van der Waals surface area contributed by atoms with Crippen molar-refractivity contribution in [2.24, 2.45) is 0 Å². The molecular weight excluding hydrogens is 368 g/mol. The molecule has 0 unspecified atom stereocenters.